The monoisotopic (exact) mass is 478 g/mol. The summed E-state index contributed by atoms with van der Waals surface area (Å²) in [4.78, 5) is 28.9. The molecule has 0 spiro atoms. The van der Waals surface area contributed by atoms with Gasteiger partial charge in [0.25, 0.3) is 0 Å². The third-order valence-corrected chi connectivity index (χ3v) is 7.78. The maximum absolute atomic E-state index is 13.0. The molecule has 5 rings (SSSR count). The zero-order chi connectivity index (χ0) is 24.0. The highest BCUT2D eigenvalue weighted by molar-refractivity contribution is 6.33. The number of aryl methyl sites for hydroxylation is 1. The Balaban J connectivity index is 1.40. The molecule has 6 nitrogen and oxygen atoms in total. The van der Waals surface area contributed by atoms with Crippen molar-refractivity contribution in [2.24, 2.45) is 11.8 Å². The van der Waals surface area contributed by atoms with Crippen molar-refractivity contribution in [3.05, 3.63) is 41.2 Å². The van der Waals surface area contributed by atoms with E-state index >= 15 is 0 Å². The third-order valence-electron chi connectivity index (χ3n) is 7.48. The molecule has 7 heteroatoms. The average molecular weight is 479 g/mol. The van der Waals surface area contributed by atoms with Gasteiger partial charge in [-0.05, 0) is 62.3 Å². The third kappa shape index (κ3) is 4.36. The minimum absolute atomic E-state index is 0.0271. The van der Waals surface area contributed by atoms with Gasteiger partial charge in [0, 0.05) is 41.4 Å². The van der Waals surface area contributed by atoms with Gasteiger partial charge in [-0.1, -0.05) is 37.9 Å². The standard InChI is InChI=1S/C27H31ClN4O2/c1-16(33)11-17-5-4-6-19(12-17)26(34)30-24-14-20(22(28)15-29-24)18-7-8-23-21(13-18)25-27(2,3)9-10-32(25)31-23/h7-8,13-15,17,19H,4-6,9-12H2,1-3H3,(H,29,30,34)/t17-,19-/m0/s1. The van der Waals surface area contributed by atoms with Crippen molar-refractivity contribution >= 4 is 40.0 Å². The summed E-state index contributed by atoms with van der Waals surface area (Å²) >= 11 is 6.55. The molecule has 1 fully saturated rings. The number of hydrogen-bond acceptors (Lipinski definition) is 4. The van der Waals surface area contributed by atoms with Crippen molar-refractivity contribution in [3.8, 4) is 11.1 Å². The molecule has 1 saturated carbocycles. The van der Waals surface area contributed by atoms with E-state index in [2.05, 4.69) is 34.9 Å². The van der Waals surface area contributed by atoms with Crippen molar-refractivity contribution in [2.75, 3.05) is 5.32 Å². The normalized spacial score (nSPS) is 21.4. The van der Waals surface area contributed by atoms with Crippen molar-refractivity contribution in [3.63, 3.8) is 0 Å². The Hall–Kier alpha value is -2.73. The maximum atomic E-state index is 13.0. The first-order chi connectivity index (χ1) is 16.2. The molecule has 3 aromatic rings. The lowest BCUT2D eigenvalue weighted by Gasteiger charge is -2.27. The molecule has 1 N–H and O–H groups in total. The van der Waals surface area contributed by atoms with E-state index in [4.69, 9.17) is 16.7 Å². The Kier molecular flexibility index (Phi) is 5.96. The number of benzene rings is 1. The van der Waals surface area contributed by atoms with Gasteiger partial charge in [-0.15, -0.1) is 0 Å². The second-order valence-corrected chi connectivity index (χ2v) is 11.0. The Labute approximate surface area is 205 Å². The molecule has 1 aromatic carbocycles. The number of nitrogens with zero attached hydrogens (tertiary/aromatic N) is 3. The van der Waals surface area contributed by atoms with Crippen molar-refractivity contribution in [1.82, 2.24) is 14.8 Å². The van der Waals surface area contributed by atoms with E-state index in [0.29, 0.717) is 23.2 Å². The summed E-state index contributed by atoms with van der Waals surface area (Å²) < 4.78 is 2.12. The number of amides is 1. The lowest BCUT2D eigenvalue weighted by Crippen LogP contribution is -2.29. The Morgan fingerprint density at radius 2 is 2.06 bits per heavy atom. The van der Waals surface area contributed by atoms with Crippen molar-refractivity contribution in [2.45, 2.75) is 71.3 Å². The number of carbonyl (C=O) groups excluding carboxylic acids is 2. The van der Waals surface area contributed by atoms with E-state index in [9.17, 15) is 9.59 Å². The van der Waals surface area contributed by atoms with Crippen LogP contribution in [0.4, 0.5) is 5.82 Å². The Bertz CT molecular complexity index is 1280. The predicted octanol–water partition coefficient (Wildman–Crippen LogP) is 6.16. The smallest absolute Gasteiger partial charge is 0.228 e. The molecule has 2 aromatic heterocycles. The number of halogens is 1. The van der Waals surface area contributed by atoms with E-state index < -0.39 is 0 Å². The Morgan fingerprint density at radius 1 is 1.24 bits per heavy atom. The molecule has 178 valence electrons. The van der Waals surface area contributed by atoms with Crippen LogP contribution >= 0.6 is 11.6 Å². The van der Waals surface area contributed by atoms with E-state index in [1.165, 1.54) is 5.69 Å². The number of carbonyl (C=O) groups is 2. The van der Waals surface area contributed by atoms with Crippen LogP contribution in [0.25, 0.3) is 22.0 Å². The van der Waals surface area contributed by atoms with Gasteiger partial charge in [0.15, 0.2) is 0 Å². The number of Topliss-reactive ketones (excluding diaryl/α,β-unsaturated/α-hetero) is 1. The van der Waals surface area contributed by atoms with Crippen LogP contribution in [0.15, 0.2) is 30.5 Å². The van der Waals surface area contributed by atoms with Crippen LogP contribution in [0.3, 0.4) is 0 Å². The second-order valence-electron chi connectivity index (χ2n) is 10.6. The highest BCUT2D eigenvalue weighted by Gasteiger charge is 2.33. The molecular formula is C27H31ClN4O2. The summed E-state index contributed by atoms with van der Waals surface area (Å²) in [5, 5.41) is 9.46. The lowest BCUT2D eigenvalue weighted by molar-refractivity contribution is -0.123. The molecule has 2 aliphatic rings. The van der Waals surface area contributed by atoms with Crippen molar-refractivity contribution < 1.29 is 9.59 Å². The summed E-state index contributed by atoms with van der Waals surface area (Å²) in [7, 11) is 0. The first-order valence-electron chi connectivity index (χ1n) is 12.2. The van der Waals surface area contributed by atoms with Crippen LogP contribution in [0.2, 0.25) is 5.02 Å². The fraction of sp³-hybridized carbons (Fsp3) is 0.481. The predicted molar refractivity (Wildman–Crippen MR) is 135 cm³/mol. The number of rotatable bonds is 5. The highest BCUT2D eigenvalue weighted by Crippen LogP contribution is 2.40. The quantitative estimate of drug-likeness (QED) is 0.476. The molecule has 0 bridgehead atoms. The van der Waals surface area contributed by atoms with E-state index in [1.807, 2.05) is 18.2 Å². The molecule has 0 saturated heterocycles. The zero-order valence-electron chi connectivity index (χ0n) is 20.0. The molecule has 34 heavy (non-hydrogen) atoms. The van der Waals surface area contributed by atoms with Gasteiger partial charge in [0.2, 0.25) is 5.91 Å². The van der Waals surface area contributed by atoms with Gasteiger partial charge < -0.3 is 10.1 Å². The highest BCUT2D eigenvalue weighted by atomic mass is 35.5. The summed E-state index contributed by atoms with van der Waals surface area (Å²) in [6.45, 7) is 7.09. The van der Waals surface area contributed by atoms with Gasteiger partial charge in [-0.25, -0.2) is 4.98 Å². The van der Waals surface area contributed by atoms with E-state index in [-0.39, 0.29) is 23.0 Å². The number of aromatic nitrogens is 3. The minimum atomic E-state index is -0.0902. The summed E-state index contributed by atoms with van der Waals surface area (Å²) in [6.07, 6.45) is 6.83. The topological polar surface area (TPSA) is 76.9 Å². The molecule has 3 heterocycles. The summed E-state index contributed by atoms with van der Waals surface area (Å²) in [5.41, 5.74) is 4.15. The van der Waals surface area contributed by atoms with Gasteiger partial charge >= 0.3 is 0 Å². The van der Waals surface area contributed by atoms with Crippen LogP contribution in [0, 0.1) is 11.8 Å². The average Bonchev–Trinajstić information content (AvgIpc) is 3.31. The number of hydrogen-bond donors (Lipinski definition) is 1. The van der Waals surface area contributed by atoms with Gasteiger partial charge in [-0.2, -0.15) is 5.10 Å². The SMILES string of the molecule is CC(=O)C[C@@H]1CCC[C@H](C(=O)Nc2cc(-c3ccc4nn5c(c4c3)C(C)(C)CC5)c(Cl)cn2)C1. The van der Waals surface area contributed by atoms with E-state index in [0.717, 1.165) is 60.7 Å². The van der Waals surface area contributed by atoms with Gasteiger partial charge in [-0.3, -0.25) is 9.48 Å². The van der Waals surface area contributed by atoms with E-state index in [1.54, 1.807) is 13.1 Å². The minimum Gasteiger partial charge on any atom is -0.310 e. The summed E-state index contributed by atoms with van der Waals surface area (Å²) in [5.74, 6) is 0.871. The second kappa shape index (κ2) is 8.81. The molecular weight excluding hydrogens is 448 g/mol. The van der Waals surface area contributed by atoms with Crippen LogP contribution in [-0.4, -0.2) is 26.5 Å². The molecule has 1 aliphatic heterocycles. The first kappa shape index (κ1) is 23.0. The molecule has 1 aliphatic carbocycles. The van der Waals surface area contributed by atoms with Crippen LogP contribution in [0.5, 0.6) is 0 Å². The number of ketones is 1. The first-order valence-corrected chi connectivity index (χ1v) is 12.6. The summed E-state index contributed by atoms with van der Waals surface area (Å²) in [6, 6.07) is 8.07. The Morgan fingerprint density at radius 3 is 2.85 bits per heavy atom. The maximum Gasteiger partial charge on any atom is 0.228 e. The fourth-order valence-corrected chi connectivity index (χ4v) is 5.97. The lowest BCUT2D eigenvalue weighted by atomic mass is 9.79. The number of fused-ring (bicyclic) bond motifs is 3. The fourth-order valence-electron chi connectivity index (χ4n) is 5.76. The number of pyridine rings is 1. The van der Waals surface area contributed by atoms with Crippen LogP contribution in [-0.2, 0) is 21.5 Å². The van der Waals surface area contributed by atoms with Gasteiger partial charge in [0.05, 0.1) is 16.2 Å². The molecule has 2 atom stereocenters. The van der Waals surface area contributed by atoms with Gasteiger partial charge in [0.1, 0.15) is 11.6 Å². The number of nitrogens with one attached hydrogen (secondary N) is 1. The largest absolute Gasteiger partial charge is 0.310 e. The van der Waals surface area contributed by atoms with Crippen molar-refractivity contribution in [1.29, 1.82) is 0 Å². The van der Waals surface area contributed by atoms with Crippen LogP contribution < -0.4 is 5.32 Å². The molecule has 0 radical (unpaired) electrons. The zero-order valence-corrected chi connectivity index (χ0v) is 20.8. The molecule has 0 unspecified atom stereocenters. The number of anilines is 1. The molecule has 1 amide bonds. The van der Waals surface area contributed by atoms with Crippen LogP contribution in [0.1, 0.15) is 65.0 Å².